The number of aliphatic imine (C=N–C) groups is 1. The molecule has 1 aliphatic heterocycles. The van der Waals surface area contributed by atoms with E-state index < -0.39 is 0 Å². The Bertz CT molecular complexity index is 831. The lowest BCUT2D eigenvalue weighted by Gasteiger charge is -2.12. The largest absolute Gasteiger partial charge is 0.369 e. The van der Waals surface area contributed by atoms with Gasteiger partial charge in [0.15, 0.2) is 0 Å². The molecule has 0 fully saturated rings. The third kappa shape index (κ3) is 3.11. The first kappa shape index (κ1) is 14.0. The molecule has 0 aromatic heterocycles. The molecule has 2 nitrogen and oxygen atoms in total. The molecule has 114 valence electrons. The van der Waals surface area contributed by atoms with Gasteiger partial charge in [-0.3, -0.25) is 4.99 Å². The van der Waals surface area contributed by atoms with Crippen LogP contribution in [0, 0.1) is 0 Å². The van der Waals surface area contributed by atoms with Crippen LogP contribution in [0.15, 0.2) is 77.8 Å². The number of rotatable bonds is 4. The van der Waals surface area contributed by atoms with Crippen LogP contribution in [0.4, 0.5) is 0 Å². The summed E-state index contributed by atoms with van der Waals surface area (Å²) in [6.45, 7) is 0.870. The normalized spacial score (nSPS) is 17.0. The third-order valence-electron chi connectivity index (χ3n) is 4.44. The molecule has 0 saturated heterocycles. The van der Waals surface area contributed by atoms with E-state index >= 15 is 0 Å². The summed E-state index contributed by atoms with van der Waals surface area (Å²) in [5, 5.41) is 6.22. The highest BCUT2D eigenvalue weighted by Gasteiger charge is 2.18. The van der Waals surface area contributed by atoms with Crippen molar-refractivity contribution >= 4 is 16.6 Å². The van der Waals surface area contributed by atoms with E-state index in [1.54, 1.807) is 0 Å². The van der Waals surface area contributed by atoms with Crippen molar-refractivity contribution in [2.75, 3.05) is 6.54 Å². The summed E-state index contributed by atoms with van der Waals surface area (Å²) in [7, 11) is 0. The highest BCUT2D eigenvalue weighted by atomic mass is 15.1. The van der Waals surface area contributed by atoms with Crippen molar-refractivity contribution in [1.82, 2.24) is 5.32 Å². The Morgan fingerprint density at radius 3 is 2.57 bits per heavy atom. The number of nitrogens with one attached hydrogen (secondary N) is 1. The van der Waals surface area contributed by atoms with Crippen molar-refractivity contribution in [3.8, 4) is 0 Å². The summed E-state index contributed by atoms with van der Waals surface area (Å²) >= 11 is 0. The Labute approximate surface area is 136 Å². The first-order valence-electron chi connectivity index (χ1n) is 8.19. The molecule has 2 heteroatoms. The molecule has 0 amide bonds. The predicted octanol–water partition coefficient (Wildman–Crippen LogP) is 4.00. The fraction of sp³-hybridized carbons (Fsp3) is 0.190. The number of hydrogen-bond donors (Lipinski definition) is 1. The van der Waals surface area contributed by atoms with Crippen LogP contribution < -0.4 is 5.32 Å². The van der Waals surface area contributed by atoms with Crippen LogP contribution in [0.2, 0.25) is 0 Å². The third-order valence-corrected chi connectivity index (χ3v) is 4.44. The van der Waals surface area contributed by atoms with E-state index in [0.717, 1.165) is 25.2 Å². The van der Waals surface area contributed by atoms with Crippen LogP contribution in [0.3, 0.4) is 0 Å². The molecule has 1 N–H and O–H groups in total. The van der Waals surface area contributed by atoms with E-state index in [0.29, 0.717) is 6.04 Å². The van der Waals surface area contributed by atoms with E-state index in [-0.39, 0.29) is 0 Å². The van der Waals surface area contributed by atoms with Crippen LogP contribution >= 0.6 is 0 Å². The van der Waals surface area contributed by atoms with Gasteiger partial charge >= 0.3 is 0 Å². The van der Waals surface area contributed by atoms with E-state index in [4.69, 9.17) is 4.99 Å². The molecule has 0 saturated carbocycles. The fourth-order valence-corrected chi connectivity index (χ4v) is 3.30. The van der Waals surface area contributed by atoms with Gasteiger partial charge in [0.1, 0.15) is 5.84 Å². The van der Waals surface area contributed by atoms with Crippen molar-refractivity contribution in [2.24, 2.45) is 4.99 Å². The maximum Gasteiger partial charge on any atom is 0.101 e. The monoisotopic (exact) mass is 300 g/mol. The van der Waals surface area contributed by atoms with Crippen LogP contribution in [-0.4, -0.2) is 18.4 Å². The van der Waals surface area contributed by atoms with Gasteiger partial charge < -0.3 is 5.32 Å². The average molecular weight is 300 g/mol. The smallest absolute Gasteiger partial charge is 0.101 e. The zero-order valence-corrected chi connectivity index (χ0v) is 13.1. The lowest BCUT2D eigenvalue weighted by Crippen LogP contribution is -2.32. The van der Waals surface area contributed by atoms with Crippen LogP contribution in [0.25, 0.3) is 10.8 Å². The lowest BCUT2D eigenvalue weighted by atomic mass is 10.0. The highest BCUT2D eigenvalue weighted by molar-refractivity contribution is 5.92. The van der Waals surface area contributed by atoms with Gasteiger partial charge in [-0.2, -0.15) is 0 Å². The molecule has 0 spiro atoms. The van der Waals surface area contributed by atoms with Crippen molar-refractivity contribution in [3.63, 3.8) is 0 Å². The number of fused-ring (bicyclic) bond motifs is 1. The van der Waals surface area contributed by atoms with Gasteiger partial charge in [-0.05, 0) is 28.3 Å². The molecule has 23 heavy (non-hydrogen) atoms. The molecule has 1 aliphatic rings. The molecular formula is C21H20N2. The Kier molecular flexibility index (Phi) is 3.81. The molecule has 1 heterocycles. The van der Waals surface area contributed by atoms with Crippen molar-refractivity contribution in [1.29, 1.82) is 0 Å². The lowest BCUT2D eigenvalue weighted by molar-refractivity contribution is 0.652. The number of nitrogens with zero attached hydrogens (tertiary/aromatic N) is 1. The molecule has 0 unspecified atom stereocenters. The summed E-state index contributed by atoms with van der Waals surface area (Å²) in [5.41, 5.74) is 2.71. The van der Waals surface area contributed by atoms with Gasteiger partial charge in [0.2, 0.25) is 0 Å². The maximum absolute atomic E-state index is 4.72. The molecule has 3 aromatic rings. The van der Waals surface area contributed by atoms with Crippen LogP contribution in [-0.2, 0) is 12.8 Å². The van der Waals surface area contributed by atoms with E-state index in [1.807, 2.05) is 0 Å². The molecule has 0 bridgehead atoms. The molecule has 0 radical (unpaired) electrons. The number of hydrogen-bond acceptors (Lipinski definition) is 2. The minimum atomic E-state index is 0.419. The summed E-state index contributed by atoms with van der Waals surface area (Å²) in [4.78, 5) is 4.72. The summed E-state index contributed by atoms with van der Waals surface area (Å²) in [5.74, 6) is 1.11. The molecule has 1 atom stereocenters. The van der Waals surface area contributed by atoms with Gasteiger partial charge in [0.05, 0.1) is 12.6 Å². The minimum Gasteiger partial charge on any atom is -0.369 e. The van der Waals surface area contributed by atoms with E-state index in [1.165, 1.54) is 21.9 Å². The van der Waals surface area contributed by atoms with Gasteiger partial charge in [0, 0.05) is 6.42 Å². The summed E-state index contributed by atoms with van der Waals surface area (Å²) in [6, 6.07) is 26.1. The minimum absolute atomic E-state index is 0.419. The standard InChI is InChI=1S/C21H20N2/c1-2-7-16(8-3-1)13-19-15-22-21(23-19)14-18-11-6-10-17-9-4-5-12-20(17)18/h1-12,19H,13-15H2,(H,22,23)/t19-/m0/s1. The first-order chi connectivity index (χ1) is 11.4. The second-order valence-corrected chi connectivity index (χ2v) is 6.13. The second kappa shape index (κ2) is 6.25. The predicted molar refractivity (Wildman–Crippen MR) is 97.0 cm³/mol. The summed E-state index contributed by atoms with van der Waals surface area (Å²) in [6.07, 6.45) is 1.91. The zero-order chi connectivity index (χ0) is 15.5. The molecule has 3 aromatic carbocycles. The fourth-order valence-electron chi connectivity index (χ4n) is 3.30. The Morgan fingerprint density at radius 1 is 0.870 bits per heavy atom. The molecule has 0 aliphatic carbocycles. The number of amidine groups is 1. The van der Waals surface area contributed by atoms with Crippen LogP contribution in [0.5, 0.6) is 0 Å². The van der Waals surface area contributed by atoms with E-state index in [9.17, 15) is 0 Å². The van der Waals surface area contributed by atoms with Crippen molar-refractivity contribution < 1.29 is 0 Å². The first-order valence-corrected chi connectivity index (χ1v) is 8.19. The highest BCUT2D eigenvalue weighted by Crippen LogP contribution is 2.20. The average Bonchev–Trinajstić information content (AvgIpc) is 3.03. The topological polar surface area (TPSA) is 24.4 Å². The van der Waals surface area contributed by atoms with E-state index in [2.05, 4.69) is 78.1 Å². The van der Waals surface area contributed by atoms with Crippen LogP contribution in [0.1, 0.15) is 11.1 Å². The SMILES string of the molecule is c1ccc(C[C@H]2CN=C(Cc3cccc4ccccc34)N2)cc1. The Morgan fingerprint density at radius 2 is 1.65 bits per heavy atom. The van der Waals surface area contributed by atoms with Gasteiger partial charge in [-0.1, -0.05) is 72.8 Å². The number of benzene rings is 3. The maximum atomic E-state index is 4.72. The van der Waals surface area contributed by atoms with Gasteiger partial charge in [0.25, 0.3) is 0 Å². The quantitative estimate of drug-likeness (QED) is 0.774. The molecule has 4 rings (SSSR count). The Balaban J connectivity index is 1.46. The Hall–Kier alpha value is -2.61. The second-order valence-electron chi connectivity index (χ2n) is 6.13. The summed E-state index contributed by atoms with van der Waals surface area (Å²) < 4.78 is 0. The zero-order valence-electron chi connectivity index (χ0n) is 13.1. The van der Waals surface area contributed by atoms with Crippen molar-refractivity contribution in [2.45, 2.75) is 18.9 Å². The van der Waals surface area contributed by atoms with Gasteiger partial charge in [-0.15, -0.1) is 0 Å². The van der Waals surface area contributed by atoms with Gasteiger partial charge in [-0.25, -0.2) is 0 Å². The molecular weight excluding hydrogens is 280 g/mol. The van der Waals surface area contributed by atoms with Crippen molar-refractivity contribution in [3.05, 3.63) is 83.9 Å².